The molecule has 2 aromatic rings. The van der Waals surface area contributed by atoms with Crippen LogP contribution in [0.2, 0.25) is 0 Å². The van der Waals surface area contributed by atoms with E-state index in [-0.39, 0.29) is 11.7 Å². The Morgan fingerprint density at radius 3 is 2.40 bits per heavy atom. The average molecular weight is 287 g/mol. The number of thiophene rings is 1. The lowest BCUT2D eigenvalue weighted by Crippen LogP contribution is -2.17. The first-order chi connectivity index (χ1) is 9.60. The van der Waals surface area contributed by atoms with Crippen LogP contribution in [0.4, 0.5) is 0 Å². The van der Waals surface area contributed by atoms with Crippen LogP contribution < -0.4 is 5.32 Å². The van der Waals surface area contributed by atoms with Gasteiger partial charge in [-0.3, -0.25) is 9.59 Å². The fourth-order valence-corrected chi connectivity index (χ4v) is 2.82. The molecule has 0 radical (unpaired) electrons. The highest BCUT2D eigenvalue weighted by atomic mass is 32.1. The van der Waals surface area contributed by atoms with Gasteiger partial charge in [0, 0.05) is 28.7 Å². The lowest BCUT2D eigenvalue weighted by molar-refractivity contribution is -0.119. The molecule has 0 saturated heterocycles. The fourth-order valence-electron chi connectivity index (χ4n) is 1.86. The molecule has 1 aromatic heterocycles. The summed E-state index contributed by atoms with van der Waals surface area (Å²) < 4.78 is 0. The third-order valence-electron chi connectivity index (χ3n) is 2.99. The Kier molecular flexibility index (Phi) is 4.69. The Balaban J connectivity index is 2.11. The number of rotatable bonds is 5. The molecule has 3 nitrogen and oxygen atoms in total. The van der Waals surface area contributed by atoms with E-state index in [1.165, 1.54) is 6.92 Å². The molecule has 0 aliphatic rings. The molecule has 0 aliphatic carbocycles. The van der Waals surface area contributed by atoms with Gasteiger partial charge in [-0.1, -0.05) is 31.2 Å². The quantitative estimate of drug-likeness (QED) is 0.853. The minimum Gasteiger partial charge on any atom is -0.351 e. The maximum Gasteiger partial charge on any atom is 0.217 e. The van der Waals surface area contributed by atoms with Gasteiger partial charge in [-0.2, -0.15) is 0 Å². The second kappa shape index (κ2) is 6.48. The van der Waals surface area contributed by atoms with Crippen LogP contribution in [-0.2, 0) is 11.3 Å². The second-order valence-corrected chi connectivity index (χ2v) is 5.70. The standard InChI is InChI=1S/C16H17NO2S/c1-3-15(19)12-4-6-13(7-5-12)16-9-8-14(20-16)10-17-11(2)18/h4-9H,3,10H2,1-2H3,(H,17,18). The minimum atomic E-state index is -0.0256. The van der Waals surface area contributed by atoms with E-state index in [4.69, 9.17) is 0 Å². The van der Waals surface area contributed by atoms with Gasteiger partial charge in [0.05, 0.1) is 6.54 Å². The number of ketones is 1. The summed E-state index contributed by atoms with van der Waals surface area (Å²) in [7, 11) is 0. The summed E-state index contributed by atoms with van der Waals surface area (Å²) in [6.07, 6.45) is 0.527. The van der Waals surface area contributed by atoms with E-state index in [0.29, 0.717) is 13.0 Å². The number of hydrogen-bond acceptors (Lipinski definition) is 3. The predicted molar refractivity (Wildman–Crippen MR) is 81.9 cm³/mol. The van der Waals surface area contributed by atoms with Crippen molar-refractivity contribution in [3.05, 3.63) is 46.8 Å². The van der Waals surface area contributed by atoms with Crippen LogP contribution in [0.3, 0.4) is 0 Å². The molecular weight excluding hydrogens is 270 g/mol. The Labute approximate surface area is 122 Å². The molecule has 0 fully saturated rings. The highest BCUT2D eigenvalue weighted by Crippen LogP contribution is 2.28. The molecule has 0 spiro atoms. The zero-order valence-corrected chi connectivity index (χ0v) is 12.4. The first kappa shape index (κ1) is 14.5. The Hall–Kier alpha value is -1.94. The van der Waals surface area contributed by atoms with Gasteiger partial charge in [0.2, 0.25) is 5.91 Å². The fraction of sp³-hybridized carbons (Fsp3) is 0.250. The zero-order chi connectivity index (χ0) is 14.5. The van der Waals surface area contributed by atoms with Crippen LogP contribution >= 0.6 is 11.3 Å². The molecule has 1 heterocycles. The smallest absolute Gasteiger partial charge is 0.217 e. The lowest BCUT2D eigenvalue weighted by Gasteiger charge is -2.01. The van der Waals surface area contributed by atoms with Gasteiger partial charge in [-0.25, -0.2) is 0 Å². The van der Waals surface area contributed by atoms with Crippen molar-refractivity contribution < 1.29 is 9.59 Å². The number of carbonyl (C=O) groups excluding carboxylic acids is 2. The van der Waals surface area contributed by atoms with Crippen LogP contribution in [0.25, 0.3) is 10.4 Å². The third-order valence-corrected chi connectivity index (χ3v) is 4.12. The van der Waals surface area contributed by atoms with Crippen LogP contribution in [0.1, 0.15) is 35.5 Å². The van der Waals surface area contributed by atoms with Crippen molar-refractivity contribution in [3.8, 4) is 10.4 Å². The van der Waals surface area contributed by atoms with Gasteiger partial charge in [0.25, 0.3) is 0 Å². The maximum atomic E-state index is 11.6. The topological polar surface area (TPSA) is 46.2 Å². The van der Waals surface area contributed by atoms with Gasteiger partial charge in [-0.05, 0) is 17.7 Å². The largest absolute Gasteiger partial charge is 0.351 e. The molecular formula is C16H17NO2S. The van der Waals surface area contributed by atoms with Crippen molar-refractivity contribution in [3.63, 3.8) is 0 Å². The molecule has 0 unspecified atom stereocenters. The van der Waals surface area contributed by atoms with Crippen molar-refractivity contribution in [2.24, 2.45) is 0 Å². The van der Waals surface area contributed by atoms with Crippen molar-refractivity contribution in [2.75, 3.05) is 0 Å². The SMILES string of the molecule is CCC(=O)c1ccc(-c2ccc(CNC(C)=O)s2)cc1. The summed E-state index contributed by atoms with van der Waals surface area (Å²) in [6, 6.07) is 11.7. The summed E-state index contributed by atoms with van der Waals surface area (Å²) in [5.74, 6) is 0.136. The van der Waals surface area contributed by atoms with E-state index in [1.54, 1.807) is 11.3 Å². The van der Waals surface area contributed by atoms with E-state index >= 15 is 0 Å². The molecule has 0 saturated carbocycles. The normalized spacial score (nSPS) is 10.3. The average Bonchev–Trinajstić information content (AvgIpc) is 2.93. The summed E-state index contributed by atoms with van der Waals surface area (Å²) in [5, 5.41) is 2.79. The summed E-state index contributed by atoms with van der Waals surface area (Å²) in [5.41, 5.74) is 1.85. The maximum absolute atomic E-state index is 11.6. The number of carbonyl (C=O) groups is 2. The Morgan fingerprint density at radius 1 is 1.10 bits per heavy atom. The van der Waals surface area contributed by atoms with E-state index in [1.807, 2.05) is 43.3 Å². The molecule has 0 aliphatic heterocycles. The first-order valence-electron chi connectivity index (χ1n) is 6.57. The highest BCUT2D eigenvalue weighted by molar-refractivity contribution is 7.15. The van der Waals surface area contributed by atoms with E-state index in [2.05, 4.69) is 5.32 Å². The van der Waals surface area contributed by atoms with Crippen molar-refractivity contribution in [1.82, 2.24) is 5.32 Å². The number of nitrogens with one attached hydrogen (secondary N) is 1. The predicted octanol–water partition coefficient (Wildman–Crippen LogP) is 3.64. The van der Waals surface area contributed by atoms with Crippen LogP contribution in [0.15, 0.2) is 36.4 Å². The molecule has 0 bridgehead atoms. The van der Waals surface area contributed by atoms with Gasteiger partial charge in [-0.15, -0.1) is 11.3 Å². The molecule has 1 aromatic carbocycles. The summed E-state index contributed by atoms with van der Waals surface area (Å²) >= 11 is 1.65. The number of Topliss-reactive ketones (excluding diaryl/α,β-unsaturated/α-hetero) is 1. The van der Waals surface area contributed by atoms with Crippen molar-refractivity contribution >= 4 is 23.0 Å². The highest BCUT2D eigenvalue weighted by Gasteiger charge is 2.06. The van der Waals surface area contributed by atoms with E-state index in [0.717, 1.165) is 20.9 Å². The van der Waals surface area contributed by atoms with E-state index < -0.39 is 0 Å². The first-order valence-corrected chi connectivity index (χ1v) is 7.38. The monoisotopic (exact) mass is 287 g/mol. The molecule has 1 amide bonds. The summed E-state index contributed by atoms with van der Waals surface area (Å²) in [4.78, 5) is 24.7. The number of hydrogen-bond donors (Lipinski definition) is 1. The van der Waals surface area contributed by atoms with Crippen LogP contribution in [0.5, 0.6) is 0 Å². The molecule has 4 heteroatoms. The van der Waals surface area contributed by atoms with Gasteiger partial charge >= 0.3 is 0 Å². The number of amides is 1. The molecule has 104 valence electrons. The Morgan fingerprint density at radius 2 is 1.80 bits per heavy atom. The molecule has 20 heavy (non-hydrogen) atoms. The second-order valence-electron chi connectivity index (χ2n) is 4.53. The minimum absolute atomic E-state index is 0.0256. The van der Waals surface area contributed by atoms with Gasteiger partial charge in [0.15, 0.2) is 5.78 Å². The van der Waals surface area contributed by atoms with Gasteiger partial charge in [0.1, 0.15) is 0 Å². The molecule has 0 atom stereocenters. The molecule has 1 N–H and O–H groups in total. The zero-order valence-electron chi connectivity index (χ0n) is 11.6. The van der Waals surface area contributed by atoms with Crippen molar-refractivity contribution in [1.29, 1.82) is 0 Å². The summed E-state index contributed by atoms with van der Waals surface area (Å²) in [6.45, 7) is 3.94. The van der Waals surface area contributed by atoms with Crippen LogP contribution in [-0.4, -0.2) is 11.7 Å². The molecule has 2 rings (SSSR count). The van der Waals surface area contributed by atoms with E-state index in [9.17, 15) is 9.59 Å². The van der Waals surface area contributed by atoms with Gasteiger partial charge < -0.3 is 5.32 Å². The Bertz CT molecular complexity index is 614. The van der Waals surface area contributed by atoms with Crippen LogP contribution in [0, 0.1) is 0 Å². The lowest BCUT2D eigenvalue weighted by atomic mass is 10.1. The van der Waals surface area contributed by atoms with Crippen molar-refractivity contribution in [2.45, 2.75) is 26.8 Å². The number of benzene rings is 1. The third kappa shape index (κ3) is 3.54.